The number of hydrogen-bond donors (Lipinski definition) is 0. The fraction of sp³-hybridized carbons (Fsp3) is 0.143. The van der Waals surface area contributed by atoms with Crippen LogP contribution in [0.5, 0.6) is 0 Å². The average molecular weight is 268 g/mol. The van der Waals surface area contributed by atoms with Crippen molar-refractivity contribution in [2.45, 2.75) is 12.8 Å². The fourth-order valence-electron chi connectivity index (χ4n) is 0.680. The third-order valence-electron chi connectivity index (χ3n) is 1.17. The topological polar surface area (TPSA) is 0 Å². The second kappa shape index (κ2) is 29.4. The molecule has 0 bridgehead atoms. The van der Waals surface area contributed by atoms with E-state index in [1.807, 2.05) is 51.1 Å². The van der Waals surface area contributed by atoms with E-state index in [0.29, 0.717) is 0 Å². The Hall–Kier alpha value is -0.109. The monoisotopic (exact) mass is 268 g/mol. The molecule has 0 fully saturated rings. The first-order valence-corrected chi connectivity index (χ1v) is 7.81. The molecular weight excluding hydrogens is 244 g/mol. The molecule has 0 spiro atoms. The molecule has 2 rings (SSSR count). The third-order valence-corrected chi connectivity index (χ3v) is 1.17. The minimum absolute atomic E-state index is 0. The van der Waals surface area contributed by atoms with E-state index in [0.717, 1.165) is 12.8 Å². The van der Waals surface area contributed by atoms with Gasteiger partial charge in [-0.05, 0) is 0 Å². The summed E-state index contributed by atoms with van der Waals surface area (Å²) < 4.78 is 0. The first kappa shape index (κ1) is 29.7. The van der Waals surface area contributed by atoms with Gasteiger partial charge in [0.1, 0.15) is 0 Å². The van der Waals surface area contributed by atoms with Crippen molar-refractivity contribution in [3.63, 3.8) is 0 Å². The van der Waals surface area contributed by atoms with Gasteiger partial charge in [-0.15, -0.1) is 12.8 Å². The van der Waals surface area contributed by atoms with Crippen LogP contribution < -0.4 is 0 Å². The van der Waals surface area contributed by atoms with Gasteiger partial charge in [0.25, 0.3) is 0 Å². The van der Waals surface area contributed by atoms with E-state index < -0.39 is 0 Å². The summed E-state index contributed by atoms with van der Waals surface area (Å²) in [5.41, 5.74) is 0. The van der Waals surface area contributed by atoms with E-state index in [4.69, 9.17) is 0 Å². The molecule has 0 saturated carbocycles. The Morgan fingerprint density at radius 2 is 1.06 bits per heavy atom. The summed E-state index contributed by atoms with van der Waals surface area (Å²) in [4.78, 5) is 0. The molecule has 0 aromatic rings. The molecule has 2 aliphatic rings. The molecule has 0 atom stereocenters. The molecule has 2 heteroatoms. The predicted molar refractivity (Wildman–Crippen MR) is 77.3 cm³/mol. The molecule has 0 amide bonds. The summed E-state index contributed by atoms with van der Waals surface area (Å²) in [5.74, 6) is 0. The molecule has 0 saturated heterocycles. The van der Waals surface area contributed by atoms with E-state index in [2.05, 4.69) is 24.3 Å². The first-order chi connectivity index (χ1) is 6.00. The number of allylic oxidation sites excluding steroid dienone is 8. The first-order valence-electron chi connectivity index (χ1n) is 3.79. The number of hydrogen-bond acceptors (Lipinski definition) is 0. The maximum absolute atomic E-state index is 2.99. The van der Waals surface area contributed by atoms with Gasteiger partial charge in [0.05, 0.1) is 0 Å². The molecular formula is C14H24SiTi-6. The van der Waals surface area contributed by atoms with Crippen molar-refractivity contribution >= 4 is 7.63 Å². The Bertz CT molecular complexity index is 161. The summed E-state index contributed by atoms with van der Waals surface area (Å²) in [6, 6.07) is 0. The molecule has 94 valence electrons. The van der Waals surface area contributed by atoms with E-state index in [1.165, 1.54) is 0 Å². The van der Waals surface area contributed by atoms with Gasteiger partial charge in [-0.25, -0.2) is 24.3 Å². The van der Waals surface area contributed by atoms with Crippen LogP contribution >= 0.6 is 0 Å². The van der Waals surface area contributed by atoms with Crippen LogP contribution in [0.3, 0.4) is 0 Å². The Balaban J connectivity index is -0.0000000360. The summed E-state index contributed by atoms with van der Waals surface area (Å²) in [6.45, 7) is 0. The second-order valence-corrected chi connectivity index (χ2v) is 2.01. The predicted octanol–water partition coefficient (Wildman–Crippen LogP) is 3.49. The Kier molecular flexibility index (Phi) is 54.5. The van der Waals surface area contributed by atoms with Crippen molar-refractivity contribution < 1.29 is 19.2 Å². The van der Waals surface area contributed by atoms with Gasteiger partial charge >= 0.3 is 26.8 Å². The normalized spacial score (nSPS) is 11.2. The average Bonchev–Trinajstić information content (AvgIpc) is 2.87. The van der Waals surface area contributed by atoms with Crippen LogP contribution in [0.15, 0.2) is 36.5 Å². The molecule has 0 radical (unpaired) electrons. The van der Waals surface area contributed by atoms with E-state index >= 15 is 0 Å². The van der Waals surface area contributed by atoms with Crippen molar-refractivity contribution in [3.8, 4) is 0 Å². The summed E-state index contributed by atoms with van der Waals surface area (Å²) >= 11 is 2.03. The molecule has 0 heterocycles. The van der Waals surface area contributed by atoms with Crippen molar-refractivity contribution in [3.05, 3.63) is 78.3 Å². The molecule has 2 aliphatic carbocycles. The summed E-state index contributed by atoms with van der Waals surface area (Å²) in [5, 5.41) is 0. The van der Waals surface area contributed by atoms with E-state index in [9.17, 15) is 0 Å². The van der Waals surface area contributed by atoms with Crippen LogP contribution in [0, 0.1) is 41.9 Å². The van der Waals surface area contributed by atoms with Gasteiger partial charge in [-0.3, -0.25) is 12.2 Å². The molecule has 0 aliphatic heterocycles. The van der Waals surface area contributed by atoms with Gasteiger partial charge in [0.15, 0.2) is 0 Å². The van der Waals surface area contributed by atoms with Gasteiger partial charge in [0.2, 0.25) is 0 Å². The van der Waals surface area contributed by atoms with Crippen molar-refractivity contribution in [1.29, 1.82) is 0 Å². The Morgan fingerprint density at radius 3 is 1.12 bits per heavy atom. The molecule has 16 heavy (non-hydrogen) atoms. The van der Waals surface area contributed by atoms with Crippen LogP contribution in [0.2, 0.25) is 0 Å². The van der Waals surface area contributed by atoms with Crippen LogP contribution in [-0.4, -0.2) is 7.63 Å². The van der Waals surface area contributed by atoms with Gasteiger partial charge in [0, 0.05) is 0 Å². The van der Waals surface area contributed by atoms with Crippen molar-refractivity contribution in [2.75, 3.05) is 0 Å². The third kappa shape index (κ3) is 23.6. The van der Waals surface area contributed by atoms with E-state index in [-0.39, 0.29) is 29.7 Å². The zero-order chi connectivity index (χ0) is 9.07. The zero-order valence-electron chi connectivity index (χ0n) is 11.1. The van der Waals surface area contributed by atoms with Gasteiger partial charge in [-0.1, -0.05) is 0 Å². The van der Waals surface area contributed by atoms with Crippen LogP contribution in [0.1, 0.15) is 12.8 Å². The molecule has 0 aromatic heterocycles. The maximum atomic E-state index is 2.99. The second-order valence-electron chi connectivity index (χ2n) is 2.01. The summed E-state index contributed by atoms with van der Waals surface area (Å²) in [7, 11) is 1.86. The van der Waals surface area contributed by atoms with Crippen LogP contribution in [-0.2, 0) is 19.2 Å². The quantitative estimate of drug-likeness (QED) is 0.466. The van der Waals surface area contributed by atoms with Crippen molar-refractivity contribution in [2.24, 2.45) is 0 Å². The molecule has 0 N–H and O–H groups in total. The standard InChI is InChI=1S/2C5H5.4CH3.H2Si.Ti/c2*1-2-4-5-3-1;;;;;;/h2*1-3H,4H2;4*1H3;1H2;/q6*-1;;. The Labute approximate surface area is 118 Å². The SMILES string of the molecule is [C-]1=CC=CC1.[C-]1=CC=CC1.[CH3-].[CH3-].[CH3-].[CH3-].[SiH2]=[Ti]. The van der Waals surface area contributed by atoms with E-state index in [1.54, 1.807) is 0 Å². The summed E-state index contributed by atoms with van der Waals surface area (Å²) in [6.07, 6.45) is 20.0. The molecule has 0 aromatic carbocycles. The molecule has 0 nitrogen and oxygen atoms in total. The number of rotatable bonds is 0. The van der Waals surface area contributed by atoms with Gasteiger partial charge < -0.3 is 29.7 Å². The zero-order valence-corrected chi connectivity index (χ0v) is 14.1. The molecule has 0 unspecified atom stereocenters. The van der Waals surface area contributed by atoms with Crippen LogP contribution in [0.25, 0.3) is 0 Å². The fourth-order valence-corrected chi connectivity index (χ4v) is 0.680. The Morgan fingerprint density at radius 1 is 0.750 bits per heavy atom. The van der Waals surface area contributed by atoms with Crippen LogP contribution in [0.4, 0.5) is 0 Å². The van der Waals surface area contributed by atoms with Gasteiger partial charge in [-0.2, -0.15) is 12.2 Å². The minimum atomic E-state index is 0. The van der Waals surface area contributed by atoms with Crippen molar-refractivity contribution in [1.82, 2.24) is 0 Å².